The second-order valence-corrected chi connectivity index (χ2v) is 5.16. The molecule has 0 spiro atoms. The Morgan fingerprint density at radius 1 is 1.21 bits per heavy atom. The van der Waals surface area contributed by atoms with E-state index in [9.17, 15) is 13.2 Å². The summed E-state index contributed by atoms with van der Waals surface area (Å²) in [5.74, 6) is 5.45. The molecule has 2 aromatic rings. The lowest BCUT2D eigenvalue weighted by Crippen LogP contribution is -2.29. The van der Waals surface area contributed by atoms with E-state index < -0.39 is 11.7 Å². The Hall–Kier alpha value is -1.37. The van der Waals surface area contributed by atoms with Crippen molar-refractivity contribution in [3.63, 3.8) is 0 Å². The standard InChI is InChI=1S/C13H13F3N2S/c14-13(15,16)10-4-1-3-9(7-10)12(18-17)8-11-5-2-6-19-11/h1-7,12,18H,8,17H2. The minimum absolute atomic E-state index is 0.332. The molecule has 1 heterocycles. The van der Waals surface area contributed by atoms with Crippen LogP contribution in [0.3, 0.4) is 0 Å². The third-order valence-electron chi connectivity index (χ3n) is 2.80. The maximum Gasteiger partial charge on any atom is 0.416 e. The van der Waals surface area contributed by atoms with Crippen LogP contribution in [0.5, 0.6) is 0 Å². The number of thiophene rings is 1. The van der Waals surface area contributed by atoms with Crippen LogP contribution >= 0.6 is 11.3 Å². The summed E-state index contributed by atoms with van der Waals surface area (Å²) in [6.45, 7) is 0. The quantitative estimate of drug-likeness (QED) is 0.666. The molecule has 0 aliphatic heterocycles. The average Bonchev–Trinajstić information content (AvgIpc) is 2.88. The summed E-state index contributed by atoms with van der Waals surface area (Å²) in [6, 6.07) is 8.74. The van der Waals surface area contributed by atoms with Gasteiger partial charge in [0.05, 0.1) is 11.6 Å². The summed E-state index contributed by atoms with van der Waals surface area (Å²) < 4.78 is 38.0. The van der Waals surface area contributed by atoms with Crippen molar-refractivity contribution in [2.45, 2.75) is 18.6 Å². The van der Waals surface area contributed by atoms with E-state index in [2.05, 4.69) is 5.43 Å². The van der Waals surface area contributed by atoms with E-state index in [0.717, 1.165) is 17.0 Å². The maximum atomic E-state index is 12.7. The molecule has 0 bridgehead atoms. The molecule has 1 aromatic carbocycles. The molecule has 102 valence electrons. The predicted molar refractivity (Wildman–Crippen MR) is 69.5 cm³/mol. The first-order chi connectivity index (χ1) is 9.00. The molecule has 0 fully saturated rings. The first-order valence-corrected chi connectivity index (χ1v) is 6.54. The van der Waals surface area contributed by atoms with Crippen molar-refractivity contribution in [3.8, 4) is 0 Å². The molecule has 2 rings (SSSR count). The van der Waals surface area contributed by atoms with Crippen LogP contribution < -0.4 is 11.3 Å². The third-order valence-corrected chi connectivity index (χ3v) is 3.70. The Kier molecular flexibility index (Phi) is 4.24. The molecule has 19 heavy (non-hydrogen) atoms. The smallest absolute Gasteiger partial charge is 0.271 e. The van der Waals surface area contributed by atoms with Crippen molar-refractivity contribution in [2.24, 2.45) is 5.84 Å². The Bertz CT molecular complexity index is 523. The van der Waals surface area contributed by atoms with E-state index in [1.165, 1.54) is 6.07 Å². The van der Waals surface area contributed by atoms with Gasteiger partial charge in [-0.15, -0.1) is 11.3 Å². The zero-order chi connectivity index (χ0) is 13.9. The average molecular weight is 286 g/mol. The minimum atomic E-state index is -4.34. The molecule has 2 nitrogen and oxygen atoms in total. The zero-order valence-electron chi connectivity index (χ0n) is 9.95. The summed E-state index contributed by atoms with van der Waals surface area (Å²) in [7, 11) is 0. The fourth-order valence-corrected chi connectivity index (χ4v) is 2.59. The van der Waals surface area contributed by atoms with Gasteiger partial charge in [-0.05, 0) is 29.1 Å². The highest BCUT2D eigenvalue weighted by molar-refractivity contribution is 7.09. The van der Waals surface area contributed by atoms with Crippen molar-refractivity contribution in [1.29, 1.82) is 0 Å². The third kappa shape index (κ3) is 3.56. The Balaban J connectivity index is 2.23. The highest BCUT2D eigenvalue weighted by atomic mass is 32.1. The van der Waals surface area contributed by atoms with Gasteiger partial charge in [-0.1, -0.05) is 18.2 Å². The van der Waals surface area contributed by atoms with Crippen LogP contribution in [0.25, 0.3) is 0 Å². The molecular weight excluding hydrogens is 273 g/mol. The maximum absolute atomic E-state index is 12.7. The number of benzene rings is 1. The molecule has 0 saturated carbocycles. The topological polar surface area (TPSA) is 38.0 Å². The Labute approximate surface area is 113 Å². The largest absolute Gasteiger partial charge is 0.416 e. The van der Waals surface area contributed by atoms with E-state index in [4.69, 9.17) is 5.84 Å². The molecular formula is C13H13F3N2S. The minimum Gasteiger partial charge on any atom is -0.271 e. The van der Waals surface area contributed by atoms with Gasteiger partial charge in [0, 0.05) is 11.3 Å². The normalized spacial score (nSPS) is 13.5. The van der Waals surface area contributed by atoms with E-state index in [1.54, 1.807) is 17.4 Å². The lowest BCUT2D eigenvalue weighted by atomic mass is 10.0. The fourth-order valence-electron chi connectivity index (χ4n) is 1.83. The SMILES string of the molecule is NNC(Cc1cccs1)c1cccc(C(F)(F)F)c1. The summed E-state index contributed by atoms with van der Waals surface area (Å²) in [5.41, 5.74) is 2.45. The van der Waals surface area contributed by atoms with Gasteiger partial charge in [0.15, 0.2) is 0 Å². The lowest BCUT2D eigenvalue weighted by Gasteiger charge is -2.17. The Morgan fingerprint density at radius 3 is 2.58 bits per heavy atom. The molecule has 6 heteroatoms. The summed E-state index contributed by atoms with van der Waals surface area (Å²) in [4.78, 5) is 1.07. The van der Waals surface area contributed by atoms with Crippen molar-refractivity contribution < 1.29 is 13.2 Å². The van der Waals surface area contributed by atoms with Crippen LogP contribution in [0, 0.1) is 0 Å². The summed E-state index contributed by atoms with van der Waals surface area (Å²) in [6.07, 6.45) is -3.77. The summed E-state index contributed by atoms with van der Waals surface area (Å²) >= 11 is 1.55. The summed E-state index contributed by atoms with van der Waals surface area (Å²) in [5, 5.41) is 1.93. The number of alkyl halides is 3. The molecule has 0 amide bonds. The molecule has 3 N–H and O–H groups in total. The number of nitrogens with two attached hydrogens (primary N) is 1. The van der Waals surface area contributed by atoms with E-state index >= 15 is 0 Å². The van der Waals surface area contributed by atoms with Crippen molar-refractivity contribution in [2.75, 3.05) is 0 Å². The van der Waals surface area contributed by atoms with Gasteiger partial charge >= 0.3 is 6.18 Å². The van der Waals surface area contributed by atoms with Gasteiger partial charge in [0.25, 0.3) is 0 Å². The fraction of sp³-hybridized carbons (Fsp3) is 0.231. The van der Waals surface area contributed by atoms with Crippen LogP contribution in [0.15, 0.2) is 41.8 Å². The monoisotopic (exact) mass is 286 g/mol. The van der Waals surface area contributed by atoms with Gasteiger partial charge in [-0.2, -0.15) is 13.2 Å². The van der Waals surface area contributed by atoms with Crippen LogP contribution in [0.4, 0.5) is 13.2 Å². The molecule has 1 atom stereocenters. The number of rotatable bonds is 4. The molecule has 1 unspecified atom stereocenters. The van der Waals surface area contributed by atoms with Crippen LogP contribution in [-0.2, 0) is 12.6 Å². The predicted octanol–water partition coefficient (Wildman–Crippen LogP) is 3.51. The van der Waals surface area contributed by atoms with Gasteiger partial charge < -0.3 is 0 Å². The highest BCUT2D eigenvalue weighted by Gasteiger charge is 2.30. The first-order valence-electron chi connectivity index (χ1n) is 5.66. The second-order valence-electron chi connectivity index (χ2n) is 4.13. The van der Waals surface area contributed by atoms with E-state index in [0.29, 0.717) is 12.0 Å². The van der Waals surface area contributed by atoms with Gasteiger partial charge in [0.2, 0.25) is 0 Å². The highest BCUT2D eigenvalue weighted by Crippen LogP contribution is 2.31. The second kappa shape index (κ2) is 5.73. The zero-order valence-corrected chi connectivity index (χ0v) is 10.8. The Morgan fingerprint density at radius 2 is 2.00 bits per heavy atom. The number of hydrogen-bond acceptors (Lipinski definition) is 3. The van der Waals surface area contributed by atoms with Crippen molar-refractivity contribution >= 4 is 11.3 Å². The van der Waals surface area contributed by atoms with E-state index in [1.807, 2.05) is 17.5 Å². The van der Waals surface area contributed by atoms with E-state index in [-0.39, 0.29) is 6.04 Å². The first kappa shape index (κ1) is 14.0. The number of halogens is 3. The van der Waals surface area contributed by atoms with Gasteiger partial charge in [0.1, 0.15) is 0 Å². The van der Waals surface area contributed by atoms with Gasteiger partial charge in [-0.25, -0.2) is 0 Å². The number of hydrogen-bond donors (Lipinski definition) is 2. The number of nitrogens with one attached hydrogen (secondary N) is 1. The molecule has 0 radical (unpaired) electrons. The lowest BCUT2D eigenvalue weighted by molar-refractivity contribution is -0.137. The molecule has 0 saturated heterocycles. The van der Waals surface area contributed by atoms with Crippen molar-refractivity contribution in [1.82, 2.24) is 5.43 Å². The van der Waals surface area contributed by atoms with Crippen LogP contribution in [0.2, 0.25) is 0 Å². The van der Waals surface area contributed by atoms with Crippen LogP contribution in [0.1, 0.15) is 22.0 Å². The molecule has 0 aliphatic rings. The van der Waals surface area contributed by atoms with Crippen molar-refractivity contribution in [3.05, 3.63) is 57.8 Å². The molecule has 0 aliphatic carbocycles. The molecule has 1 aromatic heterocycles. The van der Waals surface area contributed by atoms with Gasteiger partial charge in [-0.3, -0.25) is 11.3 Å². The number of hydrazine groups is 1. The van der Waals surface area contributed by atoms with Crippen LogP contribution in [-0.4, -0.2) is 0 Å².